The van der Waals surface area contributed by atoms with E-state index in [4.69, 9.17) is 11.6 Å². The quantitative estimate of drug-likeness (QED) is 0.545. The number of aliphatic hydroxyl groups is 1. The number of nitrogens with one attached hydrogen (secondary N) is 1. The smallest absolute Gasteiger partial charge is 0.407 e. The van der Waals surface area contributed by atoms with Gasteiger partial charge in [0.05, 0.1) is 12.6 Å². The molecule has 0 saturated carbocycles. The standard InChI is InChI=1S/C17H18ClIN2O3/c18-13-3-1-2-12(10-13)16(22)11-21(17(23)24)9-8-20-15-6-4-14(19)5-7-15/h1-7,10,16,20,22H,8-9,11H2,(H,23,24)/t16-/m1/s1. The summed E-state index contributed by atoms with van der Waals surface area (Å²) in [6.07, 6.45) is -1.99. The van der Waals surface area contributed by atoms with Gasteiger partial charge in [-0.1, -0.05) is 23.7 Å². The number of rotatable bonds is 7. The van der Waals surface area contributed by atoms with E-state index in [0.717, 1.165) is 9.26 Å². The molecule has 0 bridgehead atoms. The fourth-order valence-electron chi connectivity index (χ4n) is 2.20. The summed E-state index contributed by atoms with van der Waals surface area (Å²) in [6.45, 7) is 0.706. The fourth-order valence-corrected chi connectivity index (χ4v) is 2.75. The van der Waals surface area contributed by atoms with Crippen molar-refractivity contribution in [2.75, 3.05) is 25.0 Å². The van der Waals surface area contributed by atoms with E-state index in [0.29, 0.717) is 17.1 Å². The van der Waals surface area contributed by atoms with Gasteiger partial charge >= 0.3 is 6.09 Å². The van der Waals surface area contributed by atoms with Crippen LogP contribution < -0.4 is 5.32 Å². The number of carbonyl (C=O) groups is 1. The van der Waals surface area contributed by atoms with Crippen LogP contribution >= 0.6 is 34.2 Å². The molecule has 128 valence electrons. The van der Waals surface area contributed by atoms with Gasteiger partial charge in [0.15, 0.2) is 0 Å². The molecule has 0 radical (unpaired) electrons. The fraction of sp³-hybridized carbons (Fsp3) is 0.235. The molecule has 2 aromatic rings. The van der Waals surface area contributed by atoms with Gasteiger partial charge in [-0.05, 0) is 64.6 Å². The van der Waals surface area contributed by atoms with Crippen molar-refractivity contribution in [3.63, 3.8) is 0 Å². The third-order valence-corrected chi connectivity index (χ3v) is 4.41. The highest BCUT2D eigenvalue weighted by atomic mass is 127. The first-order chi connectivity index (χ1) is 11.5. The lowest BCUT2D eigenvalue weighted by Gasteiger charge is -2.23. The first-order valence-corrected chi connectivity index (χ1v) is 8.82. The highest BCUT2D eigenvalue weighted by molar-refractivity contribution is 14.1. The van der Waals surface area contributed by atoms with Crippen LogP contribution in [0.25, 0.3) is 0 Å². The summed E-state index contributed by atoms with van der Waals surface area (Å²) in [6, 6.07) is 14.6. The van der Waals surface area contributed by atoms with Gasteiger partial charge in [-0.2, -0.15) is 0 Å². The van der Waals surface area contributed by atoms with Crippen LogP contribution in [0, 0.1) is 3.57 Å². The molecule has 0 aliphatic rings. The first kappa shape index (κ1) is 18.8. The van der Waals surface area contributed by atoms with Gasteiger partial charge < -0.3 is 20.4 Å². The zero-order chi connectivity index (χ0) is 17.5. The monoisotopic (exact) mass is 460 g/mol. The Morgan fingerprint density at radius 3 is 2.58 bits per heavy atom. The Morgan fingerprint density at radius 2 is 1.96 bits per heavy atom. The van der Waals surface area contributed by atoms with Crippen LogP contribution in [0.15, 0.2) is 48.5 Å². The predicted molar refractivity (Wildman–Crippen MR) is 104 cm³/mol. The van der Waals surface area contributed by atoms with Crippen LogP contribution in [-0.2, 0) is 0 Å². The van der Waals surface area contributed by atoms with Crippen LogP contribution in [-0.4, -0.2) is 40.8 Å². The van der Waals surface area contributed by atoms with E-state index in [2.05, 4.69) is 27.9 Å². The molecule has 0 aliphatic heterocycles. The molecule has 2 rings (SSSR count). The Balaban J connectivity index is 1.89. The van der Waals surface area contributed by atoms with Crippen molar-refractivity contribution in [3.05, 3.63) is 62.7 Å². The lowest BCUT2D eigenvalue weighted by molar-refractivity contribution is 0.0986. The second-order valence-corrected chi connectivity index (χ2v) is 6.92. The molecule has 0 heterocycles. The Morgan fingerprint density at radius 1 is 1.25 bits per heavy atom. The minimum atomic E-state index is -1.07. The molecule has 0 unspecified atom stereocenters. The van der Waals surface area contributed by atoms with Crippen molar-refractivity contribution in [3.8, 4) is 0 Å². The number of nitrogens with zero attached hydrogens (tertiary/aromatic N) is 1. The van der Waals surface area contributed by atoms with E-state index in [1.165, 1.54) is 4.90 Å². The van der Waals surface area contributed by atoms with Crippen molar-refractivity contribution in [2.45, 2.75) is 6.10 Å². The Kier molecular flexibility index (Phi) is 7.14. The van der Waals surface area contributed by atoms with Gasteiger partial charge in [-0.3, -0.25) is 0 Å². The van der Waals surface area contributed by atoms with Gasteiger partial charge in [-0.15, -0.1) is 0 Å². The van der Waals surface area contributed by atoms with Crippen molar-refractivity contribution < 1.29 is 15.0 Å². The number of carboxylic acid groups (broad SMARTS) is 1. The summed E-state index contributed by atoms with van der Waals surface area (Å²) in [5.41, 5.74) is 1.52. The van der Waals surface area contributed by atoms with E-state index in [1.54, 1.807) is 24.3 Å². The number of aliphatic hydroxyl groups excluding tert-OH is 1. The molecule has 0 spiro atoms. The average Bonchev–Trinajstić information content (AvgIpc) is 2.55. The molecule has 0 aliphatic carbocycles. The summed E-state index contributed by atoms with van der Waals surface area (Å²) >= 11 is 8.12. The highest BCUT2D eigenvalue weighted by Gasteiger charge is 2.17. The van der Waals surface area contributed by atoms with E-state index >= 15 is 0 Å². The summed E-state index contributed by atoms with van der Waals surface area (Å²) in [5, 5.41) is 23.2. The van der Waals surface area contributed by atoms with Crippen LogP contribution in [0.3, 0.4) is 0 Å². The van der Waals surface area contributed by atoms with Crippen LogP contribution in [0.4, 0.5) is 10.5 Å². The number of halogens is 2. The van der Waals surface area contributed by atoms with Crippen molar-refractivity contribution >= 4 is 46.0 Å². The number of benzene rings is 2. The zero-order valence-electron chi connectivity index (χ0n) is 12.8. The molecule has 2 aromatic carbocycles. The second-order valence-electron chi connectivity index (χ2n) is 5.23. The van der Waals surface area contributed by atoms with E-state index in [-0.39, 0.29) is 13.1 Å². The van der Waals surface area contributed by atoms with Crippen LogP contribution in [0.1, 0.15) is 11.7 Å². The largest absolute Gasteiger partial charge is 0.465 e. The maximum Gasteiger partial charge on any atom is 0.407 e. The molecule has 0 aromatic heterocycles. The van der Waals surface area contributed by atoms with Crippen LogP contribution in [0.5, 0.6) is 0 Å². The third-order valence-electron chi connectivity index (χ3n) is 3.45. The summed E-state index contributed by atoms with van der Waals surface area (Å²) < 4.78 is 1.13. The summed E-state index contributed by atoms with van der Waals surface area (Å²) in [7, 11) is 0. The number of hydrogen-bond acceptors (Lipinski definition) is 3. The van der Waals surface area contributed by atoms with Gasteiger partial charge in [0, 0.05) is 27.4 Å². The van der Waals surface area contributed by atoms with Gasteiger partial charge in [-0.25, -0.2) is 4.79 Å². The second kappa shape index (κ2) is 9.10. The number of hydrogen-bond donors (Lipinski definition) is 3. The normalized spacial score (nSPS) is 11.8. The average molecular weight is 461 g/mol. The molecule has 24 heavy (non-hydrogen) atoms. The maximum atomic E-state index is 11.4. The molecule has 1 atom stereocenters. The van der Waals surface area contributed by atoms with Crippen molar-refractivity contribution in [1.82, 2.24) is 4.90 Å². The molecular weight excluding hydrogens is 443 g/mol. The number of amides is 1. The van der Waals surface area contributed by atoms with Crippen molar-refractivity contribution in [1.29, 1.82) is 0 Å². The van der Waals surface area contributed by atoms with Gasteiger partial charge in [0.1, 0.15) is 0 Å². The zero-order valence-corrected chi connectivity index (χ0v) is 15.7. The maximum absolute atomic E-state index is 11.4. The topological polar surface area (TPSA) is 72.8 Å². The lowest BCUT2D eigenvalue weighted by atomic mass is 10.1. The minimum absolute atomic E-state index is 0.00988. The predicted octanol–water partition coefficient (Wildman–Crippen LogP) is 4.07. The molecule has 5 nitrogen and oxygen atoms in total. The van der Waals surface area contributed by atoms with Gasteiger partial charge in [0.25, 0.3) is 0 Å². The minimum Gasteiger partial charge on any atom is -0.465 e. The lowest BCUT2D eigenvalue weighted by Crippen LogP contribution is -2.37. The van der Waals surface area contributed by atoms with E-state index in [1.807, 2.05) is 24.3 Å². The van der Waals surface area contributed by atoms with Gasteiger partial charge in [0.2, 0.25) is 0 Å². The molecule has 0 saturated heterocycles. The first-order valence-electron chi connectivity index (χ1n) is 7.36. The Labute approximate surface area is 159 Å². The van der Waals surface area contributed by atoms with E-state index in [9.17, 15) is 15.0 Å². The van der Waals surface area contributed by atoms with E-state index < -0.39 is 12.2 Å². The molecule has 7 heteroatoms. The molecular formula is C17H18ClIN2O3. The molecule has 3 N–H and O–H groups in total. The summed E-state index contributed by atoms with van der Waals surface area (Å²) in [4.78, 5) is 12.6. The third kappa shape index (κ3) is 5.85. The van der Waals surface area contributed by atoms with Crippen LogP contribution in [0.2, 0.25) is 5.02 Å². The number of anilines is 1. The Bertz CT molecular complexity index is 682. The SMILES string of the molecule is O=C(O)N(CCNc1ccc(I)cc1)C[C@@H](O)c1cccc(Cl)c1. The Hall–Kier alpha value is -1.51. The molecule has 0 fully saturated rings. The van der Waals surface area contributed by atoms with Crippen molar-refractivity contribution in [2.24, 2.45) is 0 Å². The molecule has 1 amide bonds. The highest BCUT2D eigenvalue weighted by Crippen LogP contribution is 2.19. The summed E-state index contributed by atoms with van der Waals surface area (Å²) in [5.74, 6) is 0.